The molecule has 1 aromatic heterocycles. The smallest absolute Gasteiger partial charge is 0.251 e. The second-order valence-electron chi connectivity index (χ2n) is 6.55. The summed E-state index contributed by atoms with van der Waals surface area (Å²) in [4.78, 5) is 16.9. The Bertz CT molecular complexity index is 952. The molecule has 28 heavy (non-hydrogen) atoms. The molecular formula is C23H25N3O2. The lowest BCUT2D eigenvalue weighted by molar-refractivity contribution is 0.0951. The Balaban J connectivity index is 1.69. The number of aromatic nitrogens is 1. The highest BCUT2D eigenvalue weighted by atomic mass is 16.5. The third-order valence-electron chi connectivity index (χ3n) is 4.63. The molecule has 0 aliphatic heterocycles. The molecule has 1 amide bonds. The van der Waals surface area contributed by atoms with E-state index in [2.05, 4.69) is 47.7 Å². The maximum atomic E-state index is 12.5. The van der Waals surface area contributed by atoms with Gasteiger partial charge in [0.05, 0.1) is 7.11 Å². The highest BCUT2D eigenvalue weighted by Crippen LogP contribution is 2.24. The van der Waals surface area contributed by atoms with E-state index >= 15 is 0 Å². The number of carbonyl (C=O) groups excluding carboxylic acids is 1. The Hall–Kier alpha value is -3.34. The molecule has 0 radical (unpaired) electrons. The van der Waals surface area contributed by atoms with Gasteiger partial charge >= 0.3 is 0 Å². The molecule has 3 aromatic rings. The number of carbonyl (C=O) groups is 1. The Morgan fingerprint density at radius 3 is 2.61 bits per heavy atom. The fourth-order valence-corrected chi connectivity index (χ4v) is 3.00. The van der Waals surface area contributed by atoms with Crippen molar-refractivity contribution >= 4 is 17.4 Å². The molecule has 0 spiro atoms. The van der Waals surface area contributed by atoms with E-state index in [0.29, 0.717) is 17.9 Å². The van der Waals surface area contributed by atoms with Crippen molar-refractivity contribution in [2.24, 2.45) is 0 Å². The number of para-hydroxylation sites is 1. The predicted molar refractivity (Wildman–Crippen MR) is 112 cm³/mol. The van der Waals surface area contributed by atoms with E-state index in [1.807, 2.05) is 24.3 Å². The van der Waals surface area contributed by atoms with Crippen LogP contribution in [0.4, 0.5) is 11.5 Å². The van der Waals surface area contributed by atoms with E-state index in [1.54, 1.807) is 25.4 Å². The Kier molecular flexibility index (Phi) is 6.27. The molecule has 0 aliphatic rings. The van der Waals surface area contributed by atoms with Crippen molar-refractivity contribution in [2.45, 2.75) is 26.8 Å². The fourth-order valence-electron chi connectivity index (χ4n) is 3.00. The number of amides is 1. The molecule has 0 bridgehead atoms. The van der Waals surface area contributed by atoms with E-state index in [1.165, 1.54) is 5.56 Å². The first-order chi connectivity index (χ1) is 13.6. The third kappa shape index (κ3) is 4.68. The molecule has 5 nitrogen and oxygen atoms in total. The van der Waals surface area contributed by atoms with Crippen LogP contribution in [0.2, 0.25) is 0 Å². The van der Waals surface area contributed by atoms with Gasteiger partial charge < -0.3 is 15.4 Å². The van der Waals surface area contributed by atoms with Crippen molar-refractivity contribution in [1.29, 1.82) is 0 Å². The lowest BCUT2D eigenvalue weighted by atomic mass is 10.1. The molecule has 3 rings (SSSR count). The predicted octanol–water partition coefficient (Wildman–Crippen LogP) is 4.63. The molecule has 1 heterocycles. The molecule has 0 unspecified atom stereocenters. The third-order valence-corrected chi connectivity index (χ3v) is 4.63. The fraction of sp³-hybridized carbons (Fsp3) is 0.217. The van der Waals surface area contributed by atoms with Crippen molar-refractivity contribution in [2.75, 3.05) is 12.4 Å². The minimum absolute atomic E-state index is 0.137. The molecule has 2 N–H and O–H groups in total. The maximum absolute atomic E-state index is 12.5. The molecule has 5 heteroatoms. The van der Waals surface area contributed by atoms with E-state index in [-0.39, 0.29) is 5.91 Å². The Morgan fingerprint density at radius 2 is 1.89 bits per heavy atom. The normalized spacial score (nSPS) is 10.4. The Labute approximate surface area is 165 Å². The summed E-state index contributed by atoms with van der Waals surface area (Å²) in [5, 5.41) is 6.31. The van der Waals surface area contributed by atoms with Gasteiger partial charge in [0.25, 0.3) is 5.91 Å². The van der Waals surface area contributed by atoms with Crippen molar-refractivity contribution < 1.29 is 9.53 Å². The number of anilines is 2. The molecule has 0 atom stereocenters. The summed E-state index contributed by atoms with van der Waals surface area (Å²) in [5.41, 5.74) is 4.99. The zero-order valence-electron chi connectivity index (χ0n) is 16.5. The second kappa shape index (κ2) is 9.04. The molecule has 0 saturated carbocycles. The molecule has 0 fully saturated rings. The van der Waals surface area contributed by atoms with Gasteiger partial charge in [-0.2, -0.15) is 0 Å². The highest BCUT2D eigenvalue weighted by Gasteiger charge is 2.09. The van der Waals surface area contributed by atoms with Gasteiger partial charge in [0.15, 0.2) is 0 Å². The summed E-state index contributed by atoms with van der Waals surface area (Å²) >= 11 is 0. The number of aryl methyl sites for hydroxylation is 2. The topological polar surface area (TPSA) is 63.2 Å². The van der Waals surface area contributed by atoms with Crippen LogP contribution in [0.5, 0.6) is 5.75 Å². The summed E-state index contributed by atoms with van der Waals surface area (Å²) in [6.45, 7) is 4.63. The largest absolute Gasteiger partial charge is 0.497 e. The number of methoxy groups -OCH3 is 1. The monoisotopic (exact) mass is 375 g/mol. The van der Waals surface area contributed by atoms with Gasteiger partial charge in [0, 0.05) is 24.0 Å². The van der Waals surface area contributed by atoms with E-state index in [4.69, 9.17) is 4.74 Å². The average molecular weight is 375 g/mol. The molecule has 0 aliphatic carbocycles. The molecule has 2 aromatic carbocycles. The van der Waals surface area contributed by atoms with Crippen LogP contribution < -0.4 is 15.4 Å². The van der Waals surface area contributed by atoms with Crippen molar-refractivity contribution in [3.8, 4) is 5.75 Å². The maximum Gasteiger partial charge on any atom is 0.251 e. The van der Waals surface area contributed by atoms with Crippen molar-refractivity contribution in [3.63, 3.8) is 0 Å². The van der Waals surface area contributed by atoms with Crippen LogP contribution in [0.15, 0.2) is 60.8 Å². The van der Waals surface area contributed by atoms with E-state index < -0.39 is 0 Å². The molecular weight excluding hydrogens is 350 g/mol. The van der Waals surface area contributed by atoms with Crippen molar-refractivity contribution in [3.05, 3.63) is 83.0 Å². The van der Waals surface area contributed by atoms with Gasteiger partial charge in [0.1, 0.15) is 11.6 Å². The van der Waals surface area contributed by atoms with Crippen LogP contribution in [0.3, 0.4) is 0 Å². The standard InChI is InChI=1S/C23H25N3O2/c1-4-18-7-5-6-16(2)22(18)26-21-14-19(12-13-24-21)23(27)25-15-17-8-10-20(28-3)11-9-17/h5-14H,4,15H2,1-3H3,(H,24,26)(H,25,27). The number of rotatable bonds is 7. The van der Waals surface area contributed by atoms with E-state index in [9.17, 15) is 4.79 Å². The van der Waals surface area contributed by atoms with Crippen LogP contribution in [-0.4, -0.2) is 18.0 Å². The van der Waals surface area contributed by atoms with E-state index in [0.717, 1.165) is 29.0 Å². The zero-order chi connectivity index (χ0) is 19.9. The first kappa shape index (κ1) is 19.4. The number of hydrogen-bond donors (Lipinski definition) is 2. The van der Waals surface area contributed by atoms with Gasteiger partial charge in [-0.25, -0.2) is 4.98 Å². The van der Waals surface area contributed by atoms with Gasteiger partial charge in [-0.1, -0.05) is 37.3 Å². The zero-order valence-corrected chi connectivity index (χ0v) is 16.5. The molecule has 0 saturated heterocycles. The van der Waals surface area contributed by atoms with Crippen LogP contribution in [-0.2, 0) is 13.0 Å². The number of benzene rings is 2. The number of nitrogens with zero attached hydrogens (tertiary/aromatic N) is 1. The Morgan fingerprint density at radius 1 is 1.11 bits per heavy atom. The van der Waals surface area contributed by atoms with Gasteiger partial charge in [-0.3, -0.25) is 4.79 Å². The number of pyridine rings is 1. The average Bonchev–Trinajstić information content (AvgIpc) is 2.74. The number of nitrogens with one attached hydrogen (secondary N) is 2. The van der Waals surface area contributed by atoms with Gasteiger partial charge in [-0.15, -0.1) is 0 Å². The summed E-state index contributed by atoms with van der Waals surface area (Å²) in [7, 11) is 1.63. The second-order valence-corrected chi connectivity index (χ2v) is 6.55. The quantitative estimate of drug-likeness (QED) is 0.632. The highest BCUT2D eigenvalue weighted by molar-refractivity contribution is 5.94. The number of hydrogen-bond acceptors (Lipinski definition) is 4. The minimum Gasteiger partial charge on any atom is -0.497 e. The number of ether oxygens (including phenoxy) is 1. The SMILES string of the molecule is CCc1cccc(C)c1Nc1cc(C(=O)NCc2ccc(OC)cc2)ccn1. The first-order valence-electron chi connectivity index (χ1n) is 9.33. The van der Waals surface area contributed by atoms with Gasteiger partial charge in [0.2, 0.25) is 0 Å². The van der Waals surface area contributed by atoms with Gasteiger partial charge in [-0.05, 0) is 54.3 Å². The first-order valence-corrected chi connectivity index (χ1v) is 9.33. The lowest BCUT2D eigenvalue weighted by Gasteiger charge is -2.14. The minimum atomic E-state index is -0.137. The van der Waals surface area contributed by atoms with Crippen molar-refractivity contribution in [1.82, 2.24) is 10.3 Å². The van der Waals surface area contributed by atoms with Crippen LogP contribution in [0.25, 0.3) is 0 Å². The van der Waals surface area contributed by atoms with Crippen LogP contribution >= 0.6 is 0 Å². The van der Waals surface area contributed by atoms with Crippen LogP contribution in [0.1, 0.15) is 34.0 Å². The summed E-state index contributed by atoms with van der Waals surface area (Å²) in [6.07, 6.45) is 2.57. The molecule has 144 valence electrons. The summed E-state index contributed by atoms with van der Waals surface area (Å²) in [6, 6.07) is 17.3. The summed E-state index contributed by atoms with van der Waals surface area (Å²) in [5.74, 6) is 1.31. The lowest BCUT2D eigenvalue weighted by Crippen LogP contribution is -2.22. The van der Waals surface area contributed by atoms with Crippen LogP contribution in [0, 0.1) is 6.92 Å². The summed E-state index contributed by atoms with van der Waals surface area (Å²) < 4.78 is 5.15.